The number of ketones is 1. The van der Waals surface area contributed by atoms with E-state index >= 15 is 0 Å². The van der Waals surface area contributed by atoms with Crippen molar-refractivity contribution in [3.8, 4) is 17.1 Å². The molecule has 0 saturated carbocycles. The van der Waals surface area contributed by atoms with Crippen molar-refractivity contribution in [1.82, 2.24) is 19.7 Å². The van der Waals surface area contributed by atoms with E-state index < -0.39 is 0 Å². The standard InChI is InChI=1S/C23H19ClN4OS/c1-15-7-3-4-11-20(15)28-22(18-9-6-12-25-14-18)26-27-23(28)30-16(2)21(29)17-8-5-10-19(24)13-17/h3-14,16H,1-2H3. The van der Waals surface area contributed by atoms with E-state index in [0.29, 0.717) is 21.6 Å². The molecule has 4 aromatic rings. The summed E-state index contributed by atoms with van der Waals surface area (Å²) in [5.41, 5.74) is 3.48. The van der Waals surface area contributed by atoms with Gasteiger partial charge in [0.2, 0.25) is 0 Å². The number of pyridine rings is 1. The summed E-state index contributed by atoms with van der Waals surface area (Å²) in [6.07, 6.45) is 3.48. The van der Waals surface area contributed by atoms with Gasteiger partial charge in [0.15, 0.2) is 16.8 Å². The van der Waals surface area contributed by atoms with Gasteiger partial charge in [0.05, 0.1) is 10.9 Å². The number of Topliss-reactive ketones (excluding diaryl/α,β-unsaturated/α-hetero) is 1. The molecule has 0 saturated heterocycles. The van der Waals surface area contributed by atoms with E-state index in [4.69, 9.17) is 11.6 Å². The Morgan fingerprint density at radius 2 is 1.90 bits per heavy atom. The maximum Gasteiger partial charge on any atom is 0.196 e. The van der Waals surface area contributed by atoms with Crippen molar-refractivity contribution in [1.29, 1.82) is 0 Å². The molecule has 1 unspecified atom stereocenters. The highest BCUT2D eigenvalue weighted by Crippen LogP contribution is 2.32. The Balaban J connectivity index is 1.74. The molecule has 2 aromatic heterocycles. The van der Waals surface area contributed by atoms with Crippen molar-refractivity contribution < 1.29 is 4.79 Å². The van der Waals surface area contributed by atoms with Crippen LogP contribution in [0.1, 0.15) is 22.8 Å². The molecule has 30 heavy (non-hydrogen) atoms. The smallest absolute Gasteiger partial charge is 0.196 e. The first kappa shape index (κ1) is 20.3. The Morgan fingerprint density at radius 1 is 1.07 bits per heavy atom. The first-order valence-electron chi connectivity index (χ1n) is 9.43. The number of hydrogen-bond donors (Lipinski definition) is 0. The number of halogens is 1. The molecular formula is C23H19ClN4OS. The number of rotatable bonds is 6. The number of carbonyl (C=O) groups is 1. The minimum atomic E-state index is -0.364. The number of carbonyl (C=O) groups excluding carboxylic acids is 1. The summed E-state index contributed by atoms with van der Waals surface area (Å²) < 4.78 is 1.98. The Bertz CT molecular complexity index is 1190. The van der Waals surface area contributed by atoms with E-state index in [0.717, 1.165) is 16.8 Å². The summed E-state index contributed by atoms with van der Waals surface area (Å²) in [5, 5.41) is 9.66. The number of benzene rings is 2. The van der Waals surface area contributed by atoms with Gasteiger partial charge in [-0.3, -0.25) is 14.3 Å². The third kappa shape index (κ3) is 4.15. The van der Waals surface area contributed by atoms with Crippen LogP contribution in [0.4, 0.5) is 0 Å². The maximum absolute atomic E-state index is 12.9. The zero-order valence-electron chi connectivity index (χ0n) is 16.5. The van der Waals surface area contributed by atoms with Crippen LogP contribution in [0, 0.1) is 6.92 Å². The maximum atomic E-state index is 12.9. The van der Waals surface area contributed by atoms with Gasteiger partial charge >= 0.3 is 0 Å². The van der Waals surface area contributed by atoms with Gasteiger partial charge in [-0.25, -0.2) is 0 Å². The van der Waals surface area contributed by atoms with Gasteiger partial charge in [-0.05, 0) is 49.7 Å². The summed E-state index contributed by atoms with van der Waals surface area (Å²) in [7, 11) is 0. The molecule has 0 N–H and O–H groups in total. The molecule has 150 valence electrons. The molecule has 0 amide bonds. The van der Waals surface area contributed by atoms with Crippen molar-refractivity contribution in [2.75, 3.05) is 0 Å². The molecule has 0 radical (unpaired) electrons. The summed E-state index contributed by atoms with van der Waals surface area (Å²) in [4.78, 5) is 17.2. The van der Waals surface area contributed by atoms with Gasteiger partial charge in [-0.1, -0.05) is 53.7 Å². The number of nitrogens with zero attached hydrogens (tertiary/aromatic N) is 4. The molecule has 4 rings (SSSR count). The molecule has 7 heteroatoms. The van der Waals surface area contributed by atoms with Crippen LogP contribution in [-0.4, -0.2) is 30.8 Å². The lowest BCUT2D eigenvalue weighted by atomic mass is 10.1. The first-order valence-corrected chi connectivity index (χ1v) is 10.7. The van der Waals surface area contributed by atoms with E-state index in [9.17, 15) is 4.79 Å². The minimum absolute atomic E-state index is 0.00948. The van der Waals surface area contributed by atoms with Gasteiger partial charge in [0.1, 0.15) is 0 Å². The van der Waals surface area contributed by atoms with Crippen LogP contribution in [-0.2, 0) is 0 Å². The fourth-order valence-electron chi connectivity index (χ4n) is 3.15. The molecule has 0 spiro atoms. The number of hydrogen-bond acceptors (Lipinski definition) is 5. The van der Waals surface area contributed by atoms with Crippen molar-refractivity contribution in [2.45, 2.75) is 24.3 Å². The summed E-state index contributed by atoms with van der Waals surface area (Å²) in [5.74, 6) is 0.673. The molecule has 0 aliphatic heterocycles. The highest BCUT2D eigenvalue weighted by Gasteiger charge is 2.23. The second-order valence-electron chi connectivity index (χ2n) is 6.80. The summed E-state index contributed by atoms with van der Waals surface area (Å²) >= 11 is 7.43. The van der Waals surface area contributed by atoms with Crippen molar-refractivity contribution in [3.05, 3.63) is 89.2 Å². The molecule has 5 nitrogen and oxygen atoms in total. The second kappa shape index (κ2) is 8.81. The van der Waals surface area contributed by atoms with Crippen LogP contribution in [0.15, 0.2) is 78.2 Å². The van der Waals surface area contributed by atoms with E-state index in [1.54, 1.807) is 36.7 Å². The van der Waals surface area contributed by atoms with Gasteiger partial charge in [-0.2, -0.15) is 0 Å². The predicted octanol–water partition coefficient (Wildman–Crippen LogP) is 5.65. The molecule has 0 aliphatic rings. The summed E-state index contributed by atoms with van der Waals surface area (Å²) in [6, 6.07) is 18.8. The molecule has 0 aliphatic carbocycles. The zero-order valence-corrected chi connectivity index (χ0v) is 18.1. The molecule has 0 fully saturated rings. The molecule has 2 heterocycles. The predicted molar refractivity (Wildman–Crippen MR) is 120 cm³/mol. The van der Waals surface area contributed by atoms with E-state index in [-0.39, 0.29) is 11.0 Å². The number of thioether (sulfide) groups is 1. The second-order valence-corrected chi connectivity index (χ2v) is 8.55. The third-order valence-electron chi connectivity index (χ3n) is 4.67. The van der Waals surface area contributed by atoms with Gasteiger partial charge in [-0.15, -0.1) is 10.2 Å². The van der Waals surface area contributed by atoms with E-state index in [1.165, 1.54) is 11.8 Å². The average Bonchev–Trinajstić information content (AvgIpc) is 3.17. The molecular weight excluding hydrogens is 416 g/mol. The van der Waals surface area contributed by atoms with Crippen LogP contribution in [0.25, 0.3) is 17.1 Å². The lowest BCUT2D eigenvalue weighted by Gasteiger charge is -2.15. The fourth-order valence-corrected chi connectivity index (χ4v) is 4.28. The quantitative estimate of drug-likeness (QED) is 0.289. The third-order valence-corrected chi connectivity index (χ3v) is 5.95. The first-order chi connectivity index (χ1) is 14.5. The normalized spacial score (nSPS) is 12.0. The average molecular weight is 435 g/mol. The highest BCUT2D eigenvalue weighted by molar-refractivity contribution is 8.00. The monoisotopic (exact) mass is 434 g/mol. The van der Waals surface area contributed by atoms with Gasteiger partial charge in [0.25, 0.3) is 0 Å². The lowest BCUT2D eigenvalue weighted by molar-refractivity contribution is 0.0994. The Kier molecular flexibility index (Phi) is 5.97. The van der Waals surface area contributed by atoms with Crippen LogP contribution < -0.4 is 0 Å². The molecule has 0 bridgehead atoms. The van der Waals surface area contributed by atoms with Crippen LogP contribution in [0.5, 0.6) is 0 Å². The minimum Gasteiger partial charge on any atom is -0.293 e. The molecule has 2 aromatic carbocycles. The van der Waals surface area contributed by atoms with Gasteiger partial charge in [0, 0.05) is 28.5 Å². The van der Waals surface area contributed by atoms with Crippen LogP contribution in [0.2, 0.25) is 5.02 Å². The van der Waals surface area contributed by atoms with E-state index in [2.05, 4.69) is 15.2 Å². The zero-order chi connectivity index (χ0) is 21.1. The topological polar surface area (TPSA) is 60.7 Å². The number of para-hydroxylation sites is 1. The van der Waals surface area contributed by atoms with Crippen molar-refractivity contribution in [2.24, 2.45) is 0 Å². The SMILES string of the molecule is Cc1ccccc1-n1c(SC(C)C(=O)c2cccc(Cl)c2)nnc1-c1cccnc1. The summed E-state index contributed by atoms with van der Waals surface area (Å²) in [6.45, 7) is 3.91. The Labute approximate surface area is 184 Å². The van der Waals surface area contributed by atoms with Crippen molar-refractivity contribution in [3.63, 3.8) is 0 Å². The Morgan fingerprint density at radius 3 is 2.63 bits per heavy atom. The van der Waals surface area contributed by atoms with Gasteiger partial charge < -0.3 is 0 Å². The number of aryl methyl sites for hydroxylation is 1. The Hall–Kier alpha value is -2.96. The molecule has 1 atom stereocenters. The van der Waals surface area contributed by atoms with E-state index in [1.807, 2.05) is 54.8 Å². The van der Waals surface area contributed by atoms with Crippen molar-refractivity contribution >= 4 is 29.1 Å². The largest absolute Gasteiger partial charge is 0.293 e. The lowest BCUT2D eigenvalue weighted by Crippen LogP contribution is -2.14. The number of aromatic nitrogens is 4. The fraction of sp³-hybridized carbons (Fsp3) is 0.130. The van der Waals surface area contributed by atoms with Crippen LogP contribution in [0.3, 0.4) is 0 Å². The van der Waals surface area contributed by atoms with Crippen LogP contribution >= 0.6 is 23.4 Å². The highest BCUT2D eigenvalue weighted by atomic mass is 35.5.